The Balaban J connectivity index is 2.51. The van der Waals surface area contributed by atoms with E-state index >= 15 is 0 Å². The molecule has 0 fully saturated rings. The highest BCUT2D eigenvalue weighted by atomic mass is 16.4. The summed E-state index contributed by atoms with van der Waals surface area (Å²) in [6.45, 7) is 3.72. The number of anilines is 2. The third-order valence-corrected chi connectivity index (χ3v) is 2.83. The van der Waals surface area contributed by atoms with Crippen molar-refractivity contribution in [2.24, 2.45) is 0 Å². The Hall–Kier alpha value is -2.43. The van der Waals surface area contributed by atoms with Crippen molar-refractivity contribution in [2.45, 2.75) is 13.8 Å². The summed E-state index contributed by atoms with van der Waals surface area (Å²) >= 11 is 0. The van der Waals surface area contributed by atoms with Gasteiger partial charge in [-0.2, -0.15) is 0 Å². The molecule has 19 heavy (non-hydrogen) atoms. The largest absolute Gasteiger partial charge is 0.477 e. The predicted octanol–water partition coefficient (Wildman–Crippen LogP) is 2.56. The van der Waals surface area contributed by atoms with Crippen LogP contribution in [0.3, 0.4) is 0 Å². The quantitative estimate of drug-likeness (QED) is 0.915. The summed E-state index contributed by atoms with van der Waals surface area (Å²) in [6, 6.07) is 7.80. The molecular weight excluding hydrogens is 242 g/mol. The number of aromatic carboxylic acids is 1. The number of rotatable bonds is 3. The van der Waals surface area contributed by atoms with Crippen molar-refractivity contribution in [1.29, 1.82) is 0 Å². The van der Waals surface area contributed by atoms with E-state index in [1.807, 2.05) is 31.2 Å². The third kappa shape index (κ3) is 2.70. The molecule has 0 amide bonds. The molecule has 0 aliphatic heterocycles. The Morgan fingerprint density at radius 2 is 2.05 bits per heavy atom. The first-order chi connectivity index (χ1) is 8.99. The molecule has 0 saturated carbocycles. The molecule has 1 aromatic heterocycles. The van der Waals surface area contributed by atoms with Crippen molar-refractivity contribution < 1.29 is 9.90 Å². The van der Waals surface area contributed by atoms with Crippen LogP contribution in [0, 0.1) is 13.8 Å². The molecule has 1 aromatic carbocycles. The van der Waals surface area contributed by atoms with Crippen LogP contribution in [0.15, 0.2) is 30.5 Å². The fourth-order valence-electron chi connectivity index (χ4n) is 1.82. The normalized spacial score (nSPS) is 10.3. The number of carboxylic acid groups (broad SMARTS) is 1. The molecule has 0 aliphatic rings. The van der Waals surface area contributed by atoms with Gasteiger partial charge in [0.1, 0.15) is 11.4 Å². The average Bonchev–Trinajstić information content (AvgIpc) is 2.37. The Kier molecular flexibility index (Phi) is 3.46. The minimum absolute atomic E-state index is 0.0922. The highest BCUT2D eigenvalue weighted by molar-refractivity contribution is 5.93. The number of benzene rings is 1. The number of carbonyl (C=O) groups is 1. The Labute approximate surface area is 111 Å². The summed E-state index contributed by atoms with van der Waals surface area (Å²) in [5.74, 6) is -0.0976. The molecule has 0 spiro atoms. The summed E-state index contributed by atoms with van der Waals surface area (Å²) in [5, 5.41) is 9.20. The first kappa shape index (κ1) is 13.0. The van der Waals surface area contributed by atoms with Gasteiger partial charge < -0.3 is 10.0 Å². The Bertz CT molecular complexity index is 626. The fraction of sp³-hybridized carbons (Fsp3) is 0.214. The number of hydrogen-bond acceptors (Lipinski definition) is 4. The SMILES string of the molecule is Cc1cccc(N(C)c2nc(C)ncc2C(=O)O)c1. The van der Waals surface area contributed by atoms with Gasteiger partial charge in [0.05, 0.1) is 0 Å². The minimum Gasteiger partial charge on any atom is -0.477 e. The Morgan fingerprint density at radius 1 is 1.32 bits per heavy atom. The zero-order valence-electron chi connectivity index (χ0n) is 11.1. The van der Waals surface area contributed by atoms with Crippen molar-refractivity contribution in [3.05, 3.63) is 47.4 Å². The van der Waals surface area contributed by atoms with E-state index in [1.54, 1.807) is 18.9 Å². The zero-order chi connectivity index (χ0) is 14.0. The van der Waals surface area contributed by atoms with Gasteiger partial charge in [-0.05, 0) is 31.5 Å². The second-order valence-corrected chi connectivity index (χ2v) is 4.36. The lowest BCUT2D eigenvalue weighted by molar-refractivity contribution is 0.0697. The van der Waals surface area contributed by atoms with Crippen LogP contribution in [0.2, 0.25) is 0 Å². The van der Waals surface area contributed by atoms with Gasteiger partial charge in [-0.1, -0.05) is 12.1 Å². The van der Waals surface area contributed by atoms with Crippen molar-refractivity contribution in [2.75, 3.05) is 11.9 Å². The monoisotopic (exact) mass is 257 g/mol. The summed E-state index contributed by atoms with van der Waals surface area (Å²) < 4.78 is 0. The van der Waals surface area contributed by atoms with E-state index in [4.69, 9.17) is 0 Å². The van der Waals surface area contributed by atoms with Gasteiger partial charge in [0.25, 0.3) is 0 Å². The lowest BCUT2D eigenvalue weighted by Gasteiger charge is -2.20. The van der Waals surface area contributed by atoms with Crippen LogP contribution < -0.4 is 4.90 Å². The van der Waals surface area contributed by atoms with Crippen molar-refractivity contribution in [3.8, 4) is 0 Å². The van der Waals surface area contributed by atoms with Crippen LogP contribution in [0.25, 0.3) is 0 Å². The molecule has 5 heteroatoms. The van der Waals surface area contributed by atoms with Crippen LogP contribution >= 0.6 is 0 Å². The average molecular weight is 257 g/mol. The van der Waals surface area contributed by atoms with Gasteiger partial charge in [-0.3, -0.25) is 0 Å². The second kappa shape index (κ2) is 5.06. The number of aryl methyl sites for hydroxylation is 2. The maximum atomic E-state index is 11.2. The maximum absolute atomic E-state index is 11.2. The van der Waals surface area contributed by atoms with Gasteiger partial charge in [0.15, 0.2) is 5.82 Å². The van der Waals surface area contributed by atoms with Gasteiger partial charge in [0.2, 0.25) is 0 Å². The first-order valence-electron chi connectivity index (χ1n) is 5.86. The molecule has 0 unspecified atom stereocenters. The molecule has 1 heterocycles. The maximum Gasteiger partial charge on any atom is 0.341 e. The van der Waals surface area contributed by atoms with E-state index in [0.717, 1.165) is 11.3 Å². The summed E-state index contributed by atoms with van der Waals surface area (Å²) in [5.41, 5.74) is 2.09. The standard InChI is InChI=1S/C14H15N3O2/c1-9-5-4-6-11(7-9)17(3)13-12(14(18)19)8-15-10(2)16-13/h4-8H,1-3H3,(H,18,19). The van der Waals surface area contributed by atoms with Crippen LogP contribution in [-0.4, -0.2) is 28.1 Å². The molecule has 0 radical (unpaired) electrons. The lowest BCUT2D eigenvalue weighted by atomic mass is 10.2. The van der Waals surface area contributed by atoms with Gasteiger partial charge in [-0.15, -0.1) is 0 Å². The highest BCUT2D eigenvalue weighted by Gasteiger charge is 2.17. The molecule has 2 aromatic rings. The first-order valence-corrected chi connectivity index (χ1v) is 5.86. The number of carboxylic acids is 1. The molecule has 0 bridgehead atoms. The van der Waals surface area contributed by atoms with Crippen LogP contribution in [0.1, 0.15) is 21.7 Å². The summed E-state index contributed by atoms with van der Waals surface area (Å²) in [6.07, 6.45) is 1.34. The van der Waals surface area contributed by atoms with E-state index in [0.29, 0.717) is 11.6 Å². The number of aromatic nitrogens is 2. The minimum atomic E-state index is -1.03. The van der Waals surface area contributed by atoms with E-state index < -0.39 is 5.97 Å². The number of nitrogens with zero attached hydrogens (tertiary/aromatic N) is 3. The van der Waals surface area contributed by atoms with E-state index in [9.17, 15) is 9.90 Å². The molecule has 2 rings (SSSR count). The smallest absolute Gasteiger partial charge is 0.341 e. The fourth-order valence-corrected chi connectivity index (χ4v) is 1.82. The van der Waals surface area contributed by atoms with Crippen LogP contribution in [0.4, 0.5) is 11.5 Å². The number of hydrogen-bond donors (Lipinski definition) is 1. The molecule has 0 aliphatic carbocycles. The molecule has 0 atom stereocenters. The Morgan fingerprint density at radius 3 is 2.68 bits per heavy atom. The molecular formula is C14H15N3O2. The summed E-state index contributed by atoms with van der Waals surface area (Å²) in [7, 11) is 1.79. The topological polar surface area (TPSA) is 66.3 Å². The zero-order valence-corrected chi connectivity index (χ0v) is 11.1. The van der Waals surface area contributed by atoms with Crippen molar-refractivity contribution in [3.63, 3.8) is 0 Å². The molecule has 5 nitrogen and oxygen atoms in total. The molecule has 0 saturated heterocycles. The van der Waals surface area contributed by atoms with Crippen molar-refractivity contribution in [1.82, 2.24) is 9.97 Å². The van der Waals surface area contributed by atoms with Gasteiger partial charge >= 0.3 is 5.97 Å². The van der Waals surface area contributed by atoms with E-state index in [1.165, 1.54) is 6.20 Å². The lowest BCUT2D eigenvalue weighted by Crippen LogP contribution is -2.17. The van der Waals surface area contributed by atoms with Crippen molar-refractivity contribution >= 4 is 17.5 Å². The van der Waals surface area contributed by atoms with Gasteiger partial charge in [-0.25, -0.2) is 14.8 Å². The van der Waals surface area contributed by atoms with E-state index in [-0.39, 0.29) is 5.56 Å². The second-order valence-electron chi connectivity index (χ2n) is 4.36. The highest BCUT2D eigenvalue weighted by Crippen LogP contribution is 2.25. The molecule has 1 N–H and O–H groups in total. The van der Waals surface area contributed by atoms with E-state index in [2.05, 4.69) is 9.97 Å². The van der Waals surface area contributed by atoms with Gasteiger partial charge in [0, 0.05) is 18.9 Å². The third-order valence-electron chi connectivity index (χ3n) is 2.83. The summed E-state index contributed by atoms with van der Waals surface area (Å²) in [4.78, 5) is 21.2. The van der Waals surface area contributed by atoms with Crippen LogP contribution in [0.5, 0.6) is 0 Å². The van der Waals surface area contributed by atoms with Crippen LogP contribution in [-0.2, 0) is 0 Å². The molecule has 98 valence electrons. The predicted molar refractivity (Wildman–Crippen MR) is 73.0 cm³/mol.